The minimum Gasteiger partial charge on any atom is -0.472 e. The first-order valence-electron chi connectivity index (χ1n) is 8.43. The Bertz CT molecular complexity index is 773. The van der Waals surface area contributed by atoms with Crippen molar-refractivity contribution in [2.24, 2.45) is 0 Å². The molecule has 0 radical (unpaired) electrons. The number of ether oxygens (including phenoxy) is 1. The van der Waals surface area contributed by atoms with E-state index in [1.165, 1.54) is 6.07 Å². The van der Waals surface area contributed by atoms with Gasteiger partial charge in [0.1, 0.15) is 11.8 Å². The molecule has 1 saturated heterocycles. The van der Waals surface area contributed by atoms with Crippen molar-refractivity contribution in [1.29, 1.82) is 0 Å². The number of rotatable bonds is 7. The van der Waals surface area contributed by atoms with Crippen LogP contribution in [0.25, 0.3) is 0 Å². The Balaban J connectivity index is 1.63. The average Bonchev–Trinajstić information content (AvgIpc) is 3.09. The fourth-order valence-electron chi connectivity index (χ4n) is 3.02. The Hall–Kier alpha value is -2.22. The minimum absolute atomic E-state index is 0.0790. The van der Waals surface area contributed by atoms with E-state index < -0.39 is 0 Å². The van der Waals surface area contributed by atoms with Gasteiger partial charge in [-0.2, -0.15) is 0 Å². The van der Waals surface area contributed by atoms with E-state index in [1.807, 2.05) is 11.0 Å². The van der Waals surface area contributed by atoms with Crippen LogP contribution in [0.1, 0.15) is 18.4 Å². The minimum atomic E-state index is -0.369. The monoisotopic (exact) mass is 423 g/mol. The van der Waals surface area contributed by atoms with Crippen LogP contribution in [0.15, 0.2) is 41.0 Å². The van der Waals surface area contributed by atoms with Crippen molar-refractivity contribution in [2.45, 2.75) is 25.4 Å². The van der Waals surface area contributed by atoms with Crippen LogP contribution >= 0.6 is 15.9 Å². The van der Waals surface area contributed by atoms with Crippen LogP contribution in [-0.4, -0.2) is 35.8 Å². The van der Waals surface area contributed by atoms with Gasteiger partial charge in [-0.1, -0.05) is 22.0 Å². The smallest absolute Gasteiger partial charge is 0.293 e. The normalized spacial score (nSPS) is 16.7. The molecule has 0 spiro atoms. The molecular formula is C18H19BrFN3O3. The molecule has 2 aromatic rings. The topological polar surface area (TPSA) is 68.5 Å². The fourth-order valence-corrected chi connectivity index (χ4v) is 3.37. The van der Waals surface area contributed by atoms with Crippen LogP contribution in [-0.2, 0) is 6.42 Å². The maximum atomic E-state index is 12.2. The lowest BCUT2D eigenvalue weighted by Crippen LogP contribution is -2.25. The van der Waals surface area contributed by atoms with E-state index in [1.54, 1.807) is 24.4 Å². The van der Waals surface area contributed by atoms with Crippen molar-refractivity contribution in [1.82, 2.24) is 4.98 Å². The Labute approximate surface area is 159 Å². The van der Waals surface area contributed by atoms with Crippen LogP contribution in [0.3, 0.4) is 0 Å². The number of halogens is 2. The van der Waals surface area contributed by atoms with Crippen LogP contribution in [0, 0.1) is 10.1 Å². The third-order valence-corrected chi connectivity index (χ3v) is 4.80. The molecule has 8 heteroatoms. The van der Waals surface area contributed by atoms with Gasteiger partial charge in [0.05, 0.1) is 18.1 Å². The van der Waals surface area contributed by atoms with E-state index in [4.69, 9.17) is 4.74 Å². The van der Waals surface area contributed by atoms with Crippen molar-refractivity contribution in [3.63, 3.8) is 0 Å². The zero-order valence-corrected chi connectivity index (χ0v) is 15.7. The maximum absolute atomic E-state index is 12.2. The highest BCUT2D eigenvalue weighted by atomic mass is 79.9. The van der Waals surface area contributed by atoms with Crippen LogP contribution in [0.5, 0.6) is 5.88 Å². The van der Waals surface area contributed by atoms with Gasteiger partial charge in [0.15, 0.2) is 0 Å². The molecule has 0 N–H and O–H groups in total. The molecule has 1 unspecified atom stereocenters. The first-order valence-corrected chi connectivity index (χ1v) is 9.22. The van der Waals surface area contributed by atoms with E-state index in [0.29, 0.717) is 42.0 Å². The number of nitro groups is 1. The number of aromatic nitrogens is 1. The predicted molar refractivity (Wildman–Crippen MR) is 101 cm³/mol. The Morgan fingerprint density at radius 1 is 1.38 bits per heavy atom. The van der Waals surface area contributed by atoms with Crippen LogP contribution < -0.4 is 9.64 Å². The van der Waals surface area contributed by atoms with Gasteiger partial charge in [-0.3, -0.25) is 14.5 Å². The summed E-state index contributed by atoms with van der Waals surface area (Å²) in [6.07, 6.45) is 3.54. The molecule has 1 aliphatic rings. The molecule has 1 aromatic carbocycles. The van der Waals surface area contributed by atoms with Gasteiger partial charge in [0.25, 0.3) is 5.69 Å². The van der Waals surface area contributed by atoms with E-state index in [2.05, 4.69) is 20.9 Å². The number of hydrogen-bond donors (Lipinski definition) is 0. The summed E-state index contributed by atoms with van der Waals surface area (Å²) < 4.78 is 18.8. The molecule has 6 nitrogen and oxygen atoms in total. The summed E-state index contributed by atoms with van der Waals surface area (Å²) in [5.74, 6) is 0.520. The second-order valence-electron chi connectivity index (χ2n) is 6.16. The summed E-state index contributed by atoms with van der Waals surface area (Å²) in [4.78, 5) is 17.2. The highest BCUT2D eigenvalue weighted by Crippen LogP contribution is 2.33. The molecule has 0 saturated carbocycles. The van der Waals surface area contributed by atoms with Crippen molar-refractivity contribution in [3.05, 3.63) is 56.7 Å². The van der Waals surface area contributed by atoms with E-state index in [0.717, 1.165) is 12.0 Å². The molecule has 0 aliphatic carbocycles. The second-order valence-corrected chi connectivity index (χ2v) is 7.08. The lowest BCUT2D eigenvalue weighted by Gasteiger charge is -2.19. The van der Waals surface area contributed by atoms with Gasteiger partial charge in [0, 0.05) is 35.8 Å². The van der Waals surface area contributed by atoms with Gasteiger partial charge < -0.3 is 9.64 Å². The largest absolute Gasteiger partial charge is 0.472 e. The number of hydrogen-bond acceptors (Lipinski definition) is 5. The van der Waals surface area contributed by atoms with E-state index >= 15 is 0 Å². The molecule has 138 valence electrons. The number of nitrogens with zero attached hydrogens (tertiary/aromatic N) is 3. The molecule has 0 bridgehead atoms. The first-order chi connectivity index (χ1) is 12.6. The predicted octanol–water partition coefficient (Wildman–Crippen LogP) is 4.31. The third-order valence-electron chi connectivity index (χ3n) is 4.30. The average molecular weight is 424 g/mol. The summed E-state index contributed by atoms with van der Waals surface area (Å²) in [7, 11) is 0. The summed E-state index contributed by atoms with van der Waals surface area (Å²) in [5, 5.41) is 11.3. The molecule has 1 aromatic heterocycles. The number of pyridine rings is 1. The zero-order chi connectivity index (χ0) is 18.5. The van der Waals surface area contributed by atoms with Gasteiger partial charge in [-0.15, -0.1) is 0 Å². The number of anilines is 1. The van der Waals surface area contributed by atoms with Crippen LogP contribution in [0.4, 0.5) is 15.8 Å². The highest BCUT2D eigenvalue weighted by molar-refractivity contribution is 9.10. The van der Waals surface area contributed by atoms with Crippen molar-refractivity contribution >= 4 is 27.3 Å². The summed E-state index contributed by atoms with van der Waals surface area (Å²) in [6.45, 7) is 0.911. The molecule has 1 atom stereocenters. The van der Waals surface area contributed by atoms with Gasteiger partial charge in [0.2, 0.25) is 5.88 Å². The van der Waals surface area contributed by atoms with Crippen LogP contribution in [0.2, 0.25) is 0 Å². The van der Waals surface area contributed by atoms with E-state index in [9.17, 15) is 14.5 Å². The second kappa shape index (κ2) is 8.44. The zero-order valence-electron chi connectivity index (χ0n) is 14.1. The quantitative estimate of drug-likeness (QED) is 0.490. The SMILES string of the molecule is O=[N+]([O-])c1cc(Br)ccc1N1CCC(Oc2ccc(CCCF)cn2)C1. The number of nitro benzene ring substituents is 1. The Morgan fingerprint density at radius 2 is 2.23 bits per heavy atom. The summed E-state index contributed by atoms with van der Waals surface area (Å²) in [6, 6.07) is 8.75. The van der Waals surface area contributed by atoms with Gasteiger partial charge in [-0.25, -0.2) is 4.98 Å². The number of aryl methyl sites for hydroxylation is 1. The standard InChI is InChI=1S/C18H19BrFN3O3/c19-14-4-5-16(17(10-14)23(24)25)22-9-7-15(12-22)26-18-6-3-13(11-21-18)2-1-8-20/h3-6,10-11,15H,1-2,7-9,12H2. The lowest BCUT2D eigenvalue weighted by atomic mass is 10.2. The summed E-state index contributed by atoms with van der Waals surface area (Å²) in [5.41, 5.74) is 1.66. The third kappa shape index (κ3) is 4.49. The lowest BCUT2D eigenvalue weighted by molar-refractivity contribution is -0.384. The van der Waals surface area contributed by atoms with Crippen molar-refractivity contribution in [2.75, 3.05) is 24.7 Å². The summed E-state index contributed by atoms with van der Waals surface area (Å²) >= 11 is 3.27. The molecule has 1 fully saturated rings. The number of benzene rings is 1. The molecule has 2 heterocycles. The molecular weight excluding hydrogens is 405 g/mol. The maximum Gasteiger partial charge on any atom is 0.293 e. The number of alkyl halides is 1. The molecule has 3 rings (SSSR count). The molecule has 26 heavy (non-hydrogen) atoms. The first kappa shape index (κ1) is 18.6. The Morgan fingerprint density at radius 3 is 2.92 bits per heavy atom. The molecule has 1 aliphatic heterocycles. The van der Waals surface area contributed by atoms with E-state index in [-0.39, 0.29) is 23.4 Å². The molecule has 0 amide bonds. The highest BCUT2D eigenvalue weighted by Gasteiger charge is 2.29. The van der Waals surface area contributed by atoms with Gasteiger partial charge >= 0.3 is 0 Å². The fraction of sp³-hybridized carbons (Fsp3) is 0.389. The van der Waals surface area contributed by atoms with Crippen molar-refractivity contribution < 1.29 is 14.1 Å². The van der Waals surface area contributed by atoms with Gasteiger partial charge in [-0.05, 0) is 30.5 Å². The Kier molecular flexibility index (Phi) is 6.03. The van der Waals surface area contributed by atoms with Crippen molar-refractivity contribution in [3.8, 4) is 5.88 Å².